The minimum Gasteiger partial charge on any atom is -0.323 e. The molecule has 0 saturated heterocycles. The Morgan fingerprint density at radius 3 is 2.40 bits per heavy atom. The third-order valence-corrected chi connectivity index (χ3v) is 4.66. The van der Waals surface area contributed by atoms with E-state index in [1.807, 2.05) is 6.07 Å². The van der Waals surface area contributed by atoms with Gasteiger partial charge in [-0.3, -0.25) is 0 Å². The second-order valence-corrected chi connectivity index (χ2v) is 6.17. The molecule has 84 valence electrons. The molecule has 1 unspecified atom stereocenters. The van der Waals surface area contributed by atoms with Crippen molar-refractivity contribution in [2.24, 2.45) is 11.7 Å². The van der Waals surface area contributed by atoms with E-state index < -0.39 is 0 Å². The molecule has 1 aliphatic rings. The highest BCUT2D eigenvalue weighted by atomic mass is 35.5. The Balaban J connectivity index is 2.02. The summed E-state index contributed by atoms with van der Waals surface area (Å²) in [6.07, 6.45) is 8.03. The van der Waals surface area contributed by atoms with Crippen molar-refractivity contribution >= 4 is 22.9 Å². The van der Waals surface area contributed by atoms with Crippen molar-refractivity contribution in [2.45, 2.75) is 44.6 Å². The summed E-state index contributed by atoms with van der Waals surface area (Å²) in [5.74, 6) is 0.669. The zero-order valence-corrected chi connectivity index (χ0v) is 10.5. The van der Waals surface area contributed by atoms with Crippen molar-refractivity contribution in [1.29, 1.82) is 0 Å². The molecule has 2 N–H and O–H groups in total. The van der Waals surface area contributed by atoms with Crippen molar-refractivity contribution in [1.82, 2.24) is 0 Å². The van der Waals surface area contributed by atoms with Gasteiger partial charge in [0.1, 0.15) is 0 Å². The van der Waals surface area contributed by atoms with E-state index in [2.05, 4.69) is 6.07 Å². The van der Waals surface area contributed by atoms with Crippen LogP contribution in [0.25, 0.3) is 0 Å². The van der Waals surface area contributed by atoms with E-state index >= 15 is 0 Å². The van der Waals surface area contributed by atoms with Gasteiger partial charge in [0, 0.05) is 10.9 Å². The summed E-state index contributed by atoms with van der Waals surface area (Å²) < 4.78 is 0.856. The highest BCUT2D eigenvalue weighted by Gasteiger charge is 2.21. The van der Waals surface area contributed by atoms with Gasteiger partial charge in [-0.15, -0.1) is 11.3 Å². The lowest BCUT2D eigenvalue weighted by atomic mass is 9.91. The molecule has 0 aliphatic heterocycles. The second-order valence-electron chi connectivity index (χ2n) is 4.42. The van der Waals surface area contributed by atoms with Crippen molar-refractivity contribution < 1.29 is 0 Å². The Morgan fingerprint density at radius 2 is 1.87 bits per heavy atom. The fourth-order valence-corrected chi connectivity index (χ4v) is 3.57. The Labute approximate surface area is 101 Å². The van der Waals surface area contributed by atoms with Crippen molar-refractivity contribution in [3.63, 3.8) is 0 Å². The number of rotatable bonds is 2. The summed E-state index contributed by atoms with van der Waals surface area (Å²) in [5, 5.41) is 0. The Morgan fingerprint density at radius 1 is 1.20 bits per heavy atom. The van der Waals surface area contributed by atoms with Crippen LogP contribution in [0.5, 0.6) is 0 Å². The number of halogens is 1. The molecule has 0 aromatic carbocycles. The lowest BCUT2D eigenvalue weighted by Crippen LogP contribution is -2.19. The van der Waals surface area contributed by atoms with E-state index in [4.69, 9.17) is 17.3 Å². The summed E-state index contributed by atoms with van der Waals surface area (Å²) in [6, 6.07) is 4.25. The maximum atomic E-state index is 6.30. The molecule has 0 radical (unpaired) electrons. The van der Waals surface area contributed by atoms with E-state index in [-0.39, 0.29) is 6.04 Å². The first-order valence-electron chi connectivity index (χ1n) is 5.78. The van der Waals surface area contributed by atoms with Crippen LogP contribution in [0.4, 0.5) is 0 Å². The first-order chi connectivity index (χ1) is 7.27. The molecule has 1 atom stereocenters. The molecule has 0 spiro atoms. The SMILES string of the molecule is NC(c1ccc(Cl)s1)C1CCCCCC1. The second kappa shape index (κ2) is 5.33. The summed E-state index contributed by atoms with van der Waals surface area (Å²) in [7, 11) is 0. The molecule has 1 nitrogen and oxygen atoms in total. The van der Waals surface area contributed by atoms with Gasteiger partial charge in [-0.05, 0) is 30.9 Å². The Kier molecular flexibility index (Phi) is 4.06. The molecule has 2 rings (SSSR count). The molecule has 1 aliphatic carbocycles. The average molecular weight is 244 g/mol. The summed E-state index contributed by atoms with van der Waals surface area (Å²) in [6.45, 7) is 0. The fraction of sp³-hybridized carbons (Fsp3) is 0.667. The zero-order valence-electron chi connectivity index (χ0n) is 8.92. The van der Waals surface area contributed by atoms with E-state index in [9.17, 15) is 0 Å². The highest BCUT2D eigenvalue weighted by molar-refractivity contribution is 7.16. The lowest BCUT2D eigenvalue weighted by molar-refractivity contribution is 0.386. The number of nitrogens with two attached hydrogens (primary N) is 1. The predicted molar refractivity (Wildman–Crippen MR) is 67.4 cm³/mol. The number of thiophene rings is 1. The molecule has 3 heteroatoms. The van der Waals surface area contributed by atoms with Crippen molar-refractivity contribution in [3.8, 4) is 0 Å². The summed E-state index contributed by atoms with van der Waals surface area (Å²) in [4.78, 5) is 1.26. The summed E-state index contributed by atoms with van der Waals surface area (Å²) in [5.41, 5.74) is 6.30. The van der Waals surface area contributed by atoms with E-state index in [1.54, 1.807) is 11.3 Å². The van der Waals surface area contributed by atoms with E-state index in [0.29, 0.717) is 5.92 Å². The standard InChI is InChI=1S/C12H18ClNS/c13-11-8-7-10(15-11)12(14)9-5-3-1-2-4-6-9/h7-9,12H,1-6,14H2. The van der Waals surface area contributed by atoms with Gasteiger partial charge in [-0.1, -0.05) is 37.3 Å². The smallest absolute Gasteiger partial charge is 0.0931 e. The molecule has 1 saturated carbocycles. The summed E-state index contributed by atoms with van der Waals surface area (Å²) >= 11 is 7.58. The van der Waals surface area contributed by atoms with E-state index in [0.717, 1.165) is 4.34 Å². The topological polar surface area (TPSA) is 26.0 Å². The van der Waals surface area contributed by atoms with Gasteiger partial charge in [-0.2, -0.15) is 0 Å². The van der Waals surface area contributed by atoms with Crippen LogP contribution in [-0.2, 0) is 0 Å². The van der Waals surface area contributed by atoms with Crippen molar-refractivity contribution in [3.05, 3.63) is 21.3 Å². The Hall–Kier alpha value is -0.0500. The maximum absolute atomic E-state index is 6.30. The normalized spacial score (nSPS) is 21.2. The first-order valence-corrected chi connectivity index (χ1v) is 6.97. The largest absolute Gasteiger partial charge is 0.323 e. The Bertz CT molecular complexity index is 302. The van der Waals surface area contributed by atoms with Gasteiger partial charge >= 0.3 is 0 Å². The monoisotopic (exact) mass is 243 g/mol. The van der Waals surface area contributed by atoms with Crippen LogP contribution in [0, 0.1) is 5.92 Å². The van der Waals surface area contributed by atoms with Gasteiger partial charge in [-0.25, -0.2) is 0 Å². The molecule has 1 aromatic rings. The minimum atomic E-state index is 0.209. The van der Waals surface area contributed by atoms with Crippen LogP contribution in [0.15, 0.2) is 12.1 Å². The van der Waals surface area contributed by atoms with Crippen LogP contribution in [0.2, 0.25) is 4.34 Å². The molecule has 0 amide bonds. The van der Waals surface area contributed by atoms with Crippen LogP contribution in [0.3, 0.4) is 0 Å². The molecular weight excluding hydrogens is 226 g/mol. The molecule has 0 bridgehead atoms. The van der Waals surface area contributed by atoms with Crippen LogP contribution in [0.1, 0.15) is 49.4 Å². The first kappa shape index (κ1) is 11.4. The van der Waals surface area contributed by atoms with Crippen LogP contribution >= 0.6 is 22.9 Å². The van der Waals surface area contributed by atoms with Gasteiger partial charge < -0.3 is 5.73 Å². The van der Waals surface area contributed by atoms with Gasteiger partial charge in [0.05, 0.1) is 4.34 Å². The van der Waals surface area contributed by atoms with Gasteiger partial charge in [0.2, 0.25) is 0 Å². The van der Waals surface area contributed by atoms with Gasteiger partial charge in [0.15, 0.2) is 0 Å². The quantitative estimate of drug-likeness (QED) is 0.767. The maximum Gasteiger partial charge on any atom is 0.0931 e. The number of hydrogen-bond donors (Lipinski definition) is 1. The van der Waals surface area contributed by atoms with E-state index in [1.165, 1.54) is 43.4 Å². The minimum absolute atomic E-state index is 0.209. The lowest BCUT2D eigenvalue weighted by Gasteiger charge is -2.20. The zero-order chi connectivity index (χ0) is 10.7. The third-order valence-electron chi connectivity index (χ3n) is 3.33. The molecule has 1 fully saturated rings. The highest BCUT2D eigenvalue weighted by Crippen LogP contribution is 2.35. The van der Waals surface area contributed by atoms with Crippen molar-refractivity contribution in [2.75, 3.05) is 0 Å². The number of hydrogen-bond acceptors (Lipinski definition) is 2. The van der Waals surface area contributed by atoms with Crippen LogP contribution < -0.4 is 5.73 Å². The molecule has 1 aromatic heterocycles. The molecular formula is C12H18ClNS. The van der Waals surface area contributed by atoms with Crippen LogP contribution in [-0.4, -0.2) is 0 Å². The molecule has 1 heterocycles. The predicted octanol–water partition coefficient (Wildman–Crippen LogP) is 4.37. The third kappa shape index (κ3) is 2.96. The average Bonchev–Trinajstić information content (AvgIpc) is 2.53. The fourth-order valence-electron chi connectivity index (χ4n) is 2.41. The molecule has 15 heavy (non-hydrogen) atoms. The van der Waals surface area contributed by atoms with Gasteiger partial charge in [0.25, 0.3) is 0 Å².